The van der Waals surface area contributed by atoms with Gasteiger partial charge in [-0.1, -0.05) is 24.9 Å². The first-order chi connectivity index (χ1) is 9.54. The summed E-state index contributed by atoms with van der Waals surface area (Å²) in [5, 5.41) is 9.77. The Morgan fingerprint density at radius 1 is 1.55 bits per heavy atom. The number of unbranched alkanes of at least 4 members (excludes halogenated alkanes) is 1. The van der Waals surface area contributed by atoms with Crippen LogP contribution >= 0.6 is 11.6 Å². The molecule has 0 aromatic carbocycles. The van der Waals surface area contributed by atoms with Crippen LogP contribution < -0.4 is 0 Å². The first-order valence-electron chi connectivity index (χ1n) is 6.62. The number of carboxylic acid groups (broad SMARTS) is 1. The number of pyridine rings is 1. The molecule has 0 amide bonds. The molecule has 0 unspecified atom stereocenters. The minimum atomic E-state index is -1.02. The van der Waals surface area contributed by atoms with Gasteiger partial charge in [0.05, 0.1) is 10.7 Å². The zero-order valence-electron chi connectivity index (χ0n) is 11.6. The number of fused-ring (bicyclic) bond motifs is 1. The number of aromatic carboxylic acids is 1. The minimum absolute atomic E-state index is 0.0708. The van der Waals surface area contributed by atoms with Gasteiger partial charge < -0.3 is 14.4 Å². The number of carboxylic acids is 1. The van der Waals surface area contributed by atoms with Crippen molar-refractivity contribution in [2.24, 2.45) is 0 Å². The Kier molecular flexibility index (Phi) is 4.62. The van der Waals surface area contributed by atoms with E-state index < -0.39 is 5.97 Å². The Labute approximate surface area is 122 Å². The topological polar surface area (TPSA) is 57.8 Å². The van der Waals surface area contributed by atoms with Crippen molar-refractivity contribution in [3.63, 3.8) is 0 Å². The van der Waals surface area contributed by atoms with E-state index in [2.05, 4.69) is 16.8 Å². The molecule has 5 nitrogen and oxygen atoms in total. The molecule has 2 aromatic rings. The molecule has 0 atom stereocenters. The van der Waals surface area contributed by atoms with E-state index >= 15 is 0 Å². The van der Waals surface area contributed by atoms with E-state index in [4.69, 9.17) is 11.6 Å². The van der Waals surface area contributed by atoms with Gasteiger partial charge in [-0.25, -0.2) is 9.78 Å². The Bertz CT molecular complexity index is 624. The van der Waals surface area contributed by atoms with Gasteiger partial charge in [-0.3, -0.25) is 0 Å². The van der Waals surface area contributed by atoms with Crippen molar-refractivity contribution in [1.29, 1.82) is 0 Å². The van der Waals surface area contributed by atoms with Gasteiger partial charge in [0.25, 0.3) is 0 Å². The molecule has 1 N–H and O–H groups in total. The van der Waals surface area contributed by atoms with Gasteiger partial charge in [0, 0.05) is 12.7 Å². The fraction of sp³-hybridized carbons (Fsp3) is 0.429. The van der Waals surface area contributed by atoms with Crippen LogP contribution in [0.2, 0.25) is 5.02 Å². The Balaban J connectivity index is 2.41. The van der Waals surface area contributed by atoms with Crippen molar-refractivity contribution >= 4 is 23.2 Å². The first kappa shape index (κ1) is 14.8. The molecule has 0 bridgehead atoms. The normalized spacial score (nSPS) is 11.4. The van der Waals surface area contributed by atoms with Crippen LogP contribution in [0.15, 0.2) is 18.3 Å². The zero-order chi connectivity index (χ0) is 14.7. The highest BCUT2D eigenvalue weighted by Crippen LogP contribution is 2.21. The second-order valence-corrected chi connectivity index (χ2v) is 5.26. The summed E-state index contributed by atoms with van der Waals surface area (Å²) in [6.07, 6.45) is 3.98. The van der Waals surface area contributed by atoms with Crippen LogP contribution in [0.4, 0.5) is 0 Å². The smallest absolute Gasteiger partial charge is 0.356 e. The summed E-state index contributed by atoms with van der Waals surface area (Å²) in [6, 6.07) is 3.50. The zero-order valence-corrected chi connectivity index (χ0v) is 12.4. The molecule has 0 aliphatic heterocycles. The standard InChI is InChI=1S/C14H18ClN3O2/c1-3-4-7-17(2)9-11-12(14(19)20)16-13-10(15)6-5-8-18(11)13/h5-6,8H,3-4,7,9H2,1-2H3,(H,19,20). The van der Waals surface area contributed by atoms with Gasteiger partial charge in [0.2, 0.25) is 0 Å². The van der Waals surface area contributed by atoms with Crippen molar-refractivity contribution in [3.05, 3.63) is 34.7 Å². The molecule has 108 valence electrons. The average Bonchev–Trinajstić information content (AvgIpc) is 2.77. The van der Waals surface area contributed by atoms with Gasteiger partial charge in [-0.15, -0.1) is 0 Å². The molecule has 6 heteroatoms. The molecule has 2 rings (SSSR count). The second kappa shape index (κ2) is 6.24. The molecule has 0 aliphatic rings. The van der Waals surface area contributed by atoms with Crippen LogP contribution in [-0.4, -0.2) is 39.0 Å². The van der Waals surface area contributed by atoms with Gasteiger partial charge in [-0.2, -0.15) is 0 Å². The predicted molar refractivity (Wildman–Crippen MR) is 78.4 cm³/mol. The molecule has 0 radical (unpaired) electrons. The summed E-state index contributed by atoms with van der Waals surface area (Å²) < 4.78 is 1.76. The van der Waals surface area contributed by atoms with Crippen LogP contribution in [0.5, 0.6) is 0 Å². The lowest BCUT2D eigenvalue weighted by atomic mass is 10.2. The number of rotatable bonds is 6. The van der Waals surface area contributed by atoms with Crippen LogP contribution in [0.1, 0.15) is 35.9 Å². The van der Waals surface area contributed by atoms with Crippen molar-refractivity contribution < 1.29 is 9.90 Å². The Hall–Kier alpha value is -1.59. The molecule has 0 aliphatic carbocycles. The number of carbonyl (C=O) groups is 1. The number of hydrogen-bond acceptors (Lipinski definition) is 3. The molecule has 0 fully saturated rings. The number of hydrogen-bond donors (Lipinski definition) is 1. The van der Waals surface area contributed by atoms with Crippen molar-refractivity contribution in [2.45, 2.75) is 26.3 Å². The average molecular weight is 296 g/mol. The van der Waals surface area contributed by atoms with E-state index in [0.29, 0.717) is 22.9 Å². The largest absolute Gasteiger partial charge is 0.476 e. The molecule has 0 spiro atoms. The maximum Gasteiger partial charge on any atom is 0.356 e. The predicted octanol–water partition coefficient (Wildman–Crippen LogP) is 2.92. The van der Waals surface area contributed by atoms with E-state index in [0.717, 1.165) is 19.4 Å². The number of nitrogens with zero attached hydrogens (tertiary/aromatic N) is 3. The van der Waals surface area contributed by atoms with Gasteiger partial charge in [-0.05, 0) is 32.1 Å². The maximum absolute atomic E-state index is 11.4. The van der Waals surface area contributed by atoms with Crippen molar-refractivity contribution in [2.75, 3.05) is 13.6 Å². The minimum Gasteiger partial charge on any atom is -0.476 e. The highest BCUT2D eigenvalue weighted by Gasteiger charge is 2.20. The summed E-state index contributed by atoms with van der Waals surface area (Å²) in [6.45, 7) is 3.58. The lowest BCUT2D eigenvalue weighted by Crippen LogP contribution is -2.21. The molecule has 2 heterocycles. The SMILES string of the molecule is CCCCN(C)Cc1c(C(=O)O)nc2c(Cl)cccn12. The monoisotopic (exact) mass is 295 g/mol. The van der Waals surface area contributed by atoms with Crippen LogP contribution in [-0.2, 0) is 6.54 Å². The third-order valence-electron chi connectivity index (χ3n) is 3.22. The highest BCUT2D eigenvalue weighted by molar-refractivity contribution is 6.33. The molecular weight excluding hydrogens is 278 g/mol. The van der Waals surface area contributed by atoms with E-state index in [1.165, 1.54) is 0 Å². The van der Waals surface area contributed by atoms with Crippen LogP contribution in [0.3, 0.4) is 0 Å². The van der Waals surface area contributed by atoms with Crippen molar-refractivity contribution in [1.82, 2.24) is 14.3 Å². The third kappa shape index (κ3) is 2.94. The summed E-state index contributed by atoms with van der Waals surface area (Å²) >= 11 is 6.08. The molecule has 2 aromatic heterocycles. The molecule has 0 saturated heterocycles. The van der Waals surface area contributed by atoms with Crippen molar-refractivity contribution in [3.8, 4) is 0 Å². The van der Waals surface area contributed by atoms with Crippen LogP contribution in [0, 0.1) is 0 Å². The van der Waals surface area contributed by atoms with Gasteiger partial charge >= 0.3 is 5.97 Å². The number of imidazole rings is 1. The molecule has 0 saturated carbocycles. The van der Waals surface area contributed by atoms with E-state index in [-0.39, 0.29) is 5.69 Å². The van der Waals surface area contributed by atoms with E-state index in [1.54, 1.807) is 22.7 Å². The highest BCUT2D eigenvalue weighted by atomic mass is 35.5. The summed E-state index contributed by atoms with van der Waals surface area (Å²) in [7, 11) is 1.98. The second-order valence-electron chi connectivity index (χ2n) is 4.85. The number of aromatic nitrogens is 2. The molecule has 20 heavy (non-hydrogen) atoms. The fourth-order valence-electron chi connectivity index (χ4n) is 2.17. The molecular formula is C14H18ClN3O2. The number of halogens is 1. The van der Waals surface area contributed by atoms with E-state index in [1.807, 2.05) is 7.05 Å². The summed E-state index contributed by atoms with van der Waals surface area (Å²) in [5.74, 6) is -1.02. The van der Waals surface area contributed by atoms with E-state index in [9.17, 15) is 9.90 Å². The Morgan fingerprint density at radius 3 is 2.95 bits per heavy atom. The first-order valence-corrected chi connectivity index (χ1v) is 6.99. The van der Waals surface area contributed by atoms with Gasteiger partial charge in [0.1, 0.15) is 0 Å². The maximum atomic E-state index is 11.4. The van der Waals surface area contributed by atoms with Gasteiger partial charge in [0.15, 0.2) is 11.3 Å². The summed E-state index contributed by atoms with van der Waals surface area (Å²) in [5.41, 5.74) is 1.22. The quantitative estimate of drug-likeness (QED) is 0.890. The fourth-order valence-corrected chi connectivity index (χ4v) is 2.37. The third-order valence-corrected chi connectivity index (χ3v) is 3.51. The summed E-state index contributed by atoms with van der Waals surface area (Å²) in [4.78, 5) is 17.6. The van der Waals surface area contributed by atoms with Crippen LogP contribution in [0.25, 0.3) is 5.65 Å². The Morgan fingerprint density at radius 2 is 2.30 bits per heavy atom. The lowest BCUT2D eigenvalue weighted by Gasteiger charge is -2.16. The lowest BCUT2D eigenvalue weighted by molar-refractivity contribution is 0.0689.